The van der Waals surface area contributed by atoms with E-state index in [1.54, 1.807) is 0 Å². The Kier molecular flexibility index (Phi) is 7.32. The molecule has 0 saturated carbocycles. The van der Waals surface area contributed by atoms with Gasteiger partial charge < -0.3 is 0 Å². The van der Waals surface area contributed by atoms with Crippen molar-refractivity contribution < 1.29 is 0 Å². The first-order valence-electron chi connectivity index (χ1n) is 11.4. The highest BCUT2D eigenvalue weighted by Gasteiger charge is 2.14. The van der Waals surface area contributed by atoms with Crippen LogP contribution in [-0.2, 0) is 0 Å². The number of pyridine rings is 1. The molecule has 0 bridgehead atoms. The van der Waals surface area contributed by atoms with Crippen molar-refractivity contribution in [1.82, 2.24) is 4.98 Å². The van der Waals surface area contributed by atoms with E-state index in [9.17, 15) is 0 Å². The van der Waals surface area contributed by atoms with Crippen molar-refractivity contribution in [2.45, 2.75) is 0 Å². The summed E-state index contributed by atoms with van der Waals surface area (Å²) in [5.41, 5.74) is 6.53. The van der Waals surface area contributed by atoms with E-state index in [0.29, 0.717) is 10.0 Å². The molecular formula is C31H21Cl2N3. The van der Waals surface area contributed by atoms with Gasteiger partial charge in [-0.2, -0.15) is 0 Å². The average molecular weight is 506 g/mol. The molecule has 5 aromatic rings. The Balaban J connectivity index is 1.65. The van der Waals surface area contributed by atoms with Gasteiger partial charge in [0.25, 0.3) is 0 Å². The highest BCUT2D eigenvalue weighted by atomic mass is 35.5. The second-order valence-corrected chi connectivity index (χ2v) is 8.89. The van der Waals surface area contributed by atoms with Crippen LogP contribution in [0.3, 0.4) is 0 Å². The molecule has 0 atom stereocenters. The van der Waals surface area contributed by atoms with Crippen LogP contribution in [0.2, 0.25) is 10.0 Å². The molecule has 5 rings (SSSR count). The van der Waals surface area contributed by atoms with Gasteiger partial charge in [-0.3, -0.25) is 0 Å². The lowest BCUT2D eigenvalue weighted by Crippen LogP contribution is -2.11. The average Bonchev–Trinajstić information content (AvgIpc) is 2.93. The van der Waals surface area contributed by atoms with E-state index >= 15 is 0 Å². The van der Waals surface area contributed by atoms with Gasteiger partial charge >= 0.3 is 0 Å². The molecule has 0 N–H and O–H groups in total. The summed E-state index contributed by atoms with van der Waals surface area (Å²) in [6.07, 6.45) is 0. The number of aliphatic imine (C=N–C) groups is 2. The van der Waals surface area contributed by atoms with Gasteiger partial charge in [0.05, 0.1) is 34.2 Å². The van der Waals surface area contributed by atoms with Gasteiger partial charge in [0, 0.05) is 21.2 Å². The zero-order valence-corrected chi connectivity index (χ0v) is 20.7. The Bertz CT molecular complexity index is 1400. The molecule has 4 aromatic carbocycles. The molecule has 0 aliphatic carbocycles. The van der Waals surface area contributed by atoms with Gasteiger partial charge in [-0.05, 0) is 60.7 Å². The van der Waals surface area contributed by atoms with Crippen LogP contribution in [0.4, 0.5) is 11.4 Å². The third-order valence-corrected chi connectivity index (χ3v) is 5.97. The minimum atomic E-state index is 0.668. The molecule has 0 saturated heterocycles. The Morgan fingerprint density at radius 3 is 1.22 bits per heavy atom. The van der Waals surface area contributed by atoms with E-state index < -0.39 is 0 Å². The molecule has 174 valence electrons. The number of hydrogen-bond acceptors (Lipinski definition) is 3. The largest absolute Gasteiger partial charge is 0.246 e. The fraction of sp³-hybridized carbons (Fsp3) is 0. The van der Waals surface area contributed by atoms with Crippen molar-refractivity contribution in [2.24, 2.45) is 9.98 Å². The van der Waals surface area contributed by atoms with Crippen molar-refractivity contribution in [3.05, 3.63) is 160 Å². The summed E-state index contributed by atoms with van der Waals surface area (Å²) in [7, 11) is 0. The van der Waals surface area contributed by atoms with Gasteiger partial charge in [-0.1, -0.05) is 89.9 Å². The van der Waals surface area contributed by atoms with Crippen LogP contribution in [0.15, 0.2) is 137 Å². The second kappa shape index (κ2) is 11.1. The fourth-order valence-electron chi connectivity index (χ4n) is 3.72. The van der Waals surface area contributed by atoms with Gasteiger partial charge in [0.2, 0.25) is 0 Å². The van der Waals surface area contributed by atoms with Crippen molar-refractivity contribution in [3.8, 4) is 0 Å². The number of rotatable bonds is 6. The smallest absolute Gasteiger partial charge is 0.0965 e. The van der Waals surface area contributed by atoms with E-state index in [1.807, 2.05) is 127 Å². The van der Waals surface area contributed by atoms with E-state index in [0.717, 1.165) is 45.3 Å². The van der Waals surface area contributed by atoms with Crippen molar-refractivity contribution in [3.63, 3.8) is 0 Å². The Morgan fingerprint density at radius 2 is 0.833 bits per heavy atom. The summed E-state index contributed by atoms with van der Waals surface area (Å²) in [4.78, 5) is 14.9. The zero-order chi connectivity index (χ0) is 24.7. The maximum atomic E-state index is 6.09. The Morgan fingerprint density at radius 1 is 0.444 bits per heavy atom. The zero-order valence-electron chi connectivity index (χ0n) is 19.2. The quantitative estimate of drug-likeness (QED) is 0.212. The maximum Gasteiger partial charge on any atom is 0.0965 e. The summed E-state index contributed by atoms with van der Waals surface area (Å²) in [6, 6.07) is 40.9. The molecule has 0 unspecified atom stereocenters. The summed E-state index contributed by atoms with van der Waals surface area (Å²) >= 11 is 12.2. The standard InChI is InChI=1S/C31H21Cl2N3/c32-24-14-18-26(19-15-24)34-30(22-8-3-1-4-9-22)28-12-7-13-29(36-28)31(23-10-5-2-6-11-23)35-27-20-16-25(33)17-21-27/h1-21H/b34-30+,35-31+. The first-order chi connectivity index (χ1) is 17.7. The molecule has 36 heavy (non-hydrogen) atoms. The molecule has 1 heterocycles. The minimum Gasteiger partial charge on any atom is -0.246 e. The molecule has 0 aliphatic rings. The fourth-order valence-corrected chi connectivity index (χ4v) is 3.97. The SMILES string of the molecule is Clc1ccc(/N=C(\c2ccccc2)c2cccc(/C(=N/c3ccc(Cl)cc3)c3ccccc3)n2)cc1. The first-order valence-corrected chi connectivity index (χ1v) is 12.2. The van der Waals surface area contributed by atoms with Gasteiger partial charge in [-0.25, -0.2) is 15.0 Å². The summed E-state index contributed by atoms with van der Waals surface area (Å²) < 4.78 is 0. The Labute approximate surface area is 220 Å². The van der Waals surface area contributed by atoms with Crippen LogP contribution in [-0.4, -0.2) is 16.4 Å². The molecule has 1 aromatic heterocycles. The molecular weight excluding hydrogens is 485 g/mol. The predicted octanol–water partition coefficient (Wildman–Crippen LogP) is 8.73. The van der Waals surface area contributed by atoms with Gasteiger partial charge in [-0.15, -0.1) is 0 Å². The van der Waals surface area contributed by atoms with Crippen LogP contribution < -0.4 is 0 Å². The van der Waals surface area contributed by atoms with Crippen LogP contribution in [0, 0.1) is 0 Å². The summed E-state index contributed by atoms with van der Waals surface area (Å²) in [6.45, 7) is 0. The number of benzene rings is 4. The highest BCUT2D eigenvalue weighted by molar-refractivity contribution is 6.31. The molecule has 0 fully saturated rings. The second-order valence-electron chi connectivity index (χ2n) is 8.01. The van der Waals surface area contributed by atoms with E-state index in [-0.39, 0.29) is 0 Å². The number of aromatic nitrogens is 1. The van der Waals surface area contributed by atoms with Crippen molar-refractivity contribution in [2.75, 3.05) is 0 Å². The predicted molar refractivity (Wildman–Crippen MR) is 151 cm³/mol. The monoisotopic (exact) mass is 505 g/mol. The molecule has 0 spiro atoms. The van der Waals surface area contributed by atoms with E-state index in [1.165, 1.54) is 0 Å². The number of halogens is 2. The van der Waals surface area contributed by atoms with E-state index in [4.69, 9.17) is 38.2 Å². The molecule has 0 radical (unpaired) electrons. The molecule has 5 heteroatoms. The van der Waals surface area contributed by atoms with Gasteiger partial charge in [0.15, 0.2) is 0 Å². The number of hydrogen-bond donors (Lipinski definition) is 0. The number of nitrogens with zero attached hydrogens (tertiary/aromatic N) is 3. The lowest BCUT2D eigenvalue weighted by Gasteiger charge is -2.11. The summed E-state index contributed by atoms with van der Waals surface area (Å²) in [5, 5.41) is 1.34. The lowest BCUT2D eigenvalue weighted by atomic mass is 10.0. The van der Waals surface area contributed by atoms with E-state index in [2.05, 4.69) is 0 Å². The maximum absolute atomic E-state index is 6.09. The highest BCUT2D eigenvalue weighted by Crippen LogP contribution is 2.23. The van der Waals surface area contributed by atoms with Crippen molar-refractivity contribution >= 4 is 46.0 Å². The van der Waals surface area contributed by atoms with Crippen LogP contribution in [0.5, 0.6) is 0 Å². The van der Waals surface area contributed by atoms with Crippen LogP contribution in [0.25, 0.3) is 0 Å². The molecule has 0 amide bonds. The first kappa shape index (κ1) is 23.7. The normalized spacial score (nSPS) is 11.9. The molecule has 3 nitrogen and oxygen atoms in total. The molecule has 0 aliphatic heterocycles. The van der Waals surface area contributed by atoms with Crippen molar-refractivity contribution in [1.29, 1.82) is 0 Å². The third kappa shape index (κ3) is 5.77. The summed E-state index contributed by atoms with van der Waals surface area (Å²) in [5.74, 6) is 0. The lowest BCUT2D eigenvalue weighted by molar-refractivity contribution is 1.24. The Hall–Kier alpha value is -4.05. The van der Waals surface area contributed by atoms with Gasteiger partial charge in [0.1, 0.15) is 0 Å². The van der Waals surface area contributed by atoms with Crippen LogP contribution >= 0.6 is 23.2 Å². The van der Waals surface area contributed by atoms with Crippen LogP contribution in [0.1, 0.15) is 22.5 Å². The third-order valence-electron chi connectivity index (χ3n) is 5.46. The topological polar surface area (TPSA) is 37.6 Å². The minimum absolute atomic E-state index is 0.668.